The Balaban J connectivity index is 1.90. The molecule has 2 heterocycles. The highest BCUT2D eigenvalue weighted by molar-refractivity contribution is 5.10. The van der Waals surface area contributed by atoms with Gasteiger partial charge in [0.05, 0.1) is 18.6 Å². The SMILES string of the molecule is CCC(NC(C)c1ccoc1)C1CCCO1. The molecule has 0 spiro atoms. The van der Waals surface area contributed by atoms with Crippen LogP contribution in [0.5, 0.6) is 0 Å². The zero-order chi connectivity index (χ0) is 11.4. The van der Waals surface area contributed by atoms with Crippen molar-refractivity contribution in [1.29, 1.82) is 0 Å². The van der Waals surface area contributed by atoms with Crippen molar-refractivity contribution in [2.24, 2.45) is 0 Å². The first-order chi connectivity index (χ1) is 7.81. The Hall–Kier alpha value is -0.800. The lowest BCUT2D eigenvalue weighted by molar-refractivity contribution is 0.0735. The number of hydrogen-bond donors (Lipinski definition) is 1. The molecule has 0 aliphatic carbocycles. The van der Waals surface area contributed by atoms with Gasteiger partial charge in [-0.25, -0.2) is 0 Å². The molecule has 1 saturated heterocycles. The molecule has 1 aromatic heterocycles. The topological polar surface area (TPSA) is 34.4 Å². The number of ether oxygens (including phenoxy) is 1. The molecular formula is C13H21NO2. The molecular weight excluding hydrogens is 202 g/mol. The van der Waals surface area contributed by atoms with E-state index >= 15 is 0 Å². The minimum absolute atomic E-state index is 0.327. The second-order valence-electron chi connectivity index (χ2n) is 4.51. The fraction of sp³-hybridized carbons (Fsp3) is 0.692. The Kier molecular flexibility index (Phi) is 4.02. The van der Waals surface area contributed by atoms with Gasteiger partial charge >= 0.3 is 0 Å². The summed E-state index contributed by atoms with van der Waals surface area (Å²) in [6, 6.07) is 2.79. The summed E-state index contributed by atoms with van der Waals surface area (Å²) in [4.78, 5) is 0. The van der Waals surface area contributed by atoms with Crippen LogP contribution < -0.4 is 5.32 Å². The molecule has 90 valence electrons. The smallest absolute Gasteiger partial charge is 0.0950 e. The molecule has 2 rings (SSSR count). The van der Waals surface area contributed by atoms with Crippen molar-refractivity contribution in [2.45, 2.75) is 51.3 Å². The summed E-state index contributed by atoms with van der Waals surface area (Å²) in [5.74, 6) is 0. The van der Waals surface area contributed by atoms with E-state index in [9.17, 15) is 0 Å². The van der Waals surface area contributed by atoms with Crippen LogP contribution in [0.4, 0.5) is 0 Å². The number of hydrogen-bond acceptors (Lipinski definition) is 3. The third-order valence-electron chi connectivity index (χ3n) is 3.36. The van der Waals surface area contributed by atoms with E-state index in [2.05, 4.69) is 19.2 Å². The first-order valence-corrected chi connectivity index (χ1v) is 6.21. The molecule has 1 aliphatic rings. The molecule has 0 radical (unpaired) electrons. The minimum atomic E-state index is 0.327. The molecule has 0 saturated carbocycles. The van der Waals surface area contributed by atoms with Crippen molar-refractivity contribution in [2.75, 3.05) is 6.61 Å². The maximum absolute atomic E-state index is 5.74. The summed E-state index contributed by atoms with van der Waals surface area (Å²) in [6.07, 6.45) is 7.40. The average molecular weight is 223 g/mol. The van der Waals surface area contributed by atoms with Crippen LogP contribution in [-0.2, 0) is 4.74 Å². The quantitative estimate of drug-likeness (QED) is 0.833. The van der Waals surface area contributed by atoms with Gasteiger partial charge in [0.1, 0.15) is 0 Å². The molecule has 3 nitrogen and oxygen atoms in total. The predicted octanol–water partition coefficient (Wildman–Crippen LogP) is 2.89. The first-order valence-electron chi connectivity index (χ1n) is 6.21. The number of rotatable bonds is 5. The van der Waals surface area contributed by atoms with Crippen molar-refractivity contribution in [3.8, 4) is 0 Å². The Morgan fingerprint density at radius 3 is 3.00 bits per heavy atom. The van der Waals surface area contributed by atoms with Crippen molar-refractivity contribution in [1.82, 2.24) is 5.32 Å². The Labute approximate surface area is 97.2 Å². The highest BCUT2D eigenvalue weighted by Gasteiger charge is 2.25. The zero-order valence-corrected chi connectivity index (χ0v) is 10.1. The van der Waals surface area contributed by atoms with Crippen LogP contribution in [-0.4, -0.2) is 18.8 Å². The van der Waals surface area contributed by atoms with E-state index in [-0.39, 0.29) is 0 Å². The van der Waals surface area contributed by atoms with Crippen molar-refractivity contribution in [3.05, 3.63) is 24.2 Å². The second-order valence-corrected chi connectivity index (χ2v) is 4.51. The van der Waals surface area contributed by atoms with E-state index in [1.165, 1.54) is 18.4 Å². The van der Waals surface area contributed by atoms with Crippen LogP contribution in [0.1, 0.15) is 44.7 Å². The summed E-state index contributed by atoms with van der Waals surface area (Å²) in [5, 5.41) is 3.63. The first kappa shape index (κ1) is 11.7. The predicted molar refractivity (Wildman–Crippen MR) is 63.3 cm³/mol. The van der Waals surface area contributed by atoms with Gasteiger partial charge in [0.2, 0.25) is 0 Å². The third kappa shape index (κ3) is 2.66. The summed E-state index contributed by atoms with van der Waals surface area (Å²) < 4.78 is 10.8. The largest absolute Gasteiger partial charge is 0.472 e. The Morgan fingerprint density at radius 2 is 2.44 bits per heavy atom. The van der Waals surface area contributed by atoms with Crippen molar-refractivity contribution in [3.63, 3.8) is 0 Å². The highest BCUT2D eigenvalue weighted by Crippen LogP contribution is 2.21. The van der Waals surface area contributed by atoms with Gasteiger partial charge in [0.25, 0.3) is 0 Å². The van der Waals surface area contributed by atoms with E-state index in [1.54, 1.807) is 12.5 Å². The molecule has 3 atom stereocenters. The van der Waals surface area contributed by atoms with Crippen LogP contribution in [0.2, 0.25) is 0 Å². The van der Waals surface area contributed by atoms with Crippen LogP contribution in [0.15, 0.2) is 23.0 Å². The van der Waals surface area contributed by atoms with E-state index < -0.39 is 0 Å². The maximum atomic E-state index is 5.74. The van der Waals surface area contributed by atoms with Crippen LogP contribution >= 0.6 is 0 Å². The van der Waals surface area contributed by atoms with Gasteiger partial charge in [0.15, 0.2) is 0 Å². The lowest BCUT2D eigenvalue weighted by Crippen LogP contribution is -2.40. The van der Waals surface area contributed by atoms with Crippen molar-refractivity contribution < 1.29 is 9.15 Å². The van der Waals surface area contributed by atoms with Gasteiger partial charge in [-0.2, -0.15) is 0 Å². The van der Waals surface area contributed by atoms with Crippen LogP contribution in [0.3, 0.4) is 0 Å². The molecule has 0 aromatic carbocycles. The molecule has 16 heavy (non-hydrogen) atoms. The standard InChI is InChI=1S/C13H21NO2/c1-3-12(13-5-4-7-16-13)14-10(2)11-6-8-15-9-11/h6,8-10,12-14H,3-5,7H2,1-2H3. The van der Waals surface area contributed by atoms with E-state index in [4.69, 9.17) is 9.15 Å². The van der Waals surface area contributed by atoms with Gasteiger partial charge in [-0.05, 0) is 32.3 Å². The molecule has 1 aromatic rings. The van der Waals surface area contributed by atoms with Gasteiger partial charge < -0.3 is 14.5 Å². The average Bonchev–Trinajstić information content (AvgIpc) is 2.96. The number of nitrogens with one attached hydrogen (secondary N) is 1. The van der Waals surface area contributed by atoms with E-state index in [0.717, 1.165) is 13.0 Å². The maximum Gasteiger partial charge on any atom is 0.0950 e. The summed E-state index contributed by atoms with van der Waals surface area (Å²) in [5.41, 5.74) is 1.21. The Bertz CT molecular complexity index is 291. The van der Waals surface area contributed by atoms with Gasteiger partial charge in [-0.15, -0.1) is 0 Å². The normalized spacial score (nSPS) is 24.5. The minimum Gasteiger partial charge on any atom is -0.472 e. The van der Waals surface area contributed by atoms with Crippen LogP contribution in [0.25, 0.3) is 0 Å². The van der Waals surface area contributed by atoms with Crippen molar-refractivity contribution >= 4 is 0 Å². The Morgan fingerprint density at radius 1 is 1.56 bits per heavy atom. The number of furan rings is 1. The monoisotopic (exact) mass is 223 g/mol. The van der Waals surface area contributed by atoms with Gasteiger partial charge in [0, 0.05) is 24.3 Å². The molecule has 1 N–H and O–H groups in total. The van der Waals surface area contributed by atoms with Crippen LogP contribution in [0, 0.1) is 0 Å². The fourth-order valence-corrected chi connectivity index (χ4v) is 2.35. The molecule has 3 unspecified atom stereocenters. The highest BCUT2D eigenvalue weighted by atomic mass is 16.5. The summed E-state index contributed by atoms with van der Waals surface area (Å²) in [7, 11) is 0. The molecule has 1 fully saturated rings. The van der Waals surface area contributed by atoms with E-state index in [1.807, 2.05) is 6.07 Å². The summed E-state index contributed by atoms with van der Waals surface area (Å²) in [6.45, 7) is 5.30. The third-order valence-corrected chi connectivity index (χ3v) is 3.36. The molecule has 1 aliphatic heterocycles. The molecule has 0 amide bonds. The zero-order valence-electron chi connectivity index (χ0n) is 10.1. The second kappa shape index (κ2) is 5.51. The van der Waals surface area contributed by atoms with Gasteiger partial charge in [-0.3, -0.25) is 0 Å². The van der Waals surface area contributed by atoms with E-state index in [0.29, 0.717) is 18.2 Å². The molecule has 0 bridgehead atoms. The lowest BCUT2D eigenvalue weighted by Gasteiger charge is -2.26. The summed E-state index contributed by atoms with van der Waals surface area (Å²) >= 11 is 0. The van der Waals surface area contributed by atoms with Gasteiger partial charge in [-0.1, -0.05) is 6.92 Å². The fourth-order valence-electron chi connectivity index (χ4n) is 2.35. The lowest BCUT2D eigenvalue weighted by atomic mass is 10.0. The molecule has 3 heteroatoms.